The van der Waals surface area contributed by atoms with Gasteiger partial charge in [0.15, 0.2) is 5.65 Å². The van der Waals surface area contributed by atoms with Crippen LogP contribution in [0.15, 0.2) is 30.9 Å². The molecule has 3 aromatic rings. The molecule has 1 N–H and O–H groups in total. The van der Waals surface area contributed by atoms with Gasteiger partial charge in [-0.2, -0.15) is 23.1 Å². The molecule has 0 saturated carbocycles. The highest BCUT2D eigenvalue weighted by molar-refractivity contribution is 5.86. The Morgan fingerprint density at radius 3 is 2.72 bits per heavy atom. The van der Waals surface area contributed by atoms with Gasteiger partial charge in [-0.1, -0.05) is 13.0 Å². The van der Waals surface area contributed by atoms with Crippen molar-refractivity contribution in [2.24, 2.45) is 5.92 Å². The minimum absolute atomic E-state index is 0.0389. The zero-order valence-electron chi connectivity index (χ0n) is 15.8. The lowest BCUT2D eigenvalue weighted by molar-refractivity contribution is -0.141. The van der Waals surface area contributed by atoms with Crippen LogP contribution in [-0.2, 0) is 12.7 Å². The second-order valence-electron chi connectivity index (χ2n) is 7.16. The van der Waals surface area contributed by atoms with Crippen LogP contribution in [-0.4, -0.2) is 38.0 Å². The summed E-state index contributed by atoms with van der Waals surface area (Å²) in [7, 11) is 0. The van der Waals surface area contributed by atoms with E-state index >= 15 is 0 Å². The number of rotatable bonds is 4. The van der Waals surface area contributed by atoms with Gasteiger partial charge in [0.25, 0.3) is 0 Å². The van der Waals surface area contributed by atoms with Gasteiger partial charge in [0.2, 0.25) is 5.95 Å². The van der Waals surface area contributed by atoms with Crippen molar-refractivity contribution < 1.29 is 13.2 Å². The smallest absolute Gasteiger partial charge is 0.365 e. The van der Waals surface area contributed by atoms with Gasteiger partial charge >= 0.3 is 6.18 Å². The summed E-state index contributed by atoms with van der Waals surface area (Å²) in [6, 6.07) is 2.88. The molecule has 1 aliphatic heterocycles. The number of fused-ring (bicyclic) bond motifs is 1. The Balaban J connectivity index is 1.65. The maximum Gasteiger partial charge on any atom is 0.433 e. The summed E-state index contributed by atoms with van der Waals surface area (Å²) in [5, 5.41) is 3.56. The topological polar surface area (TPSA) is 79.7 Å². The normalized spacial score (nSPS) is 15.7. The largest absolute Gasteiger partial charge is 0.433 e. The lowest BCUT2D eigenvalue weighted by atomic mass is 10.00. The fourth-order valence-corrected chi connectivity index (χ4v) is 3.36. The molecule has 7 nitrogen and oxygen atoms in total. The van der Waals surface area contributed by atoms with Gasteiger partial charge in [-0.15, -0.1) is 0 Å². The van der Waals surface area contributed by atoms with E-state index in [4.69, 9.17) is 0 Å². The average molecular weight is 403 g/mol. The third-order valence-corrected chi connectivity index (χ3v) is 5.04. The van der Waals surface area contributed by atoms with E-state index < -0.39 is 11.9 Å². The predicted molar refractivity (Wildman–Crippen MR) is 102 cm³/mol. The van der Waals surface area contributed by atoms with E-state index in [0.29, 0.717) is 28.7 Å². The molecule has 1 fully saturated rings. The third kappa shape index (κ3) is 4.20. The lowest BCUT2D eigenvalue weighted by Gasteiger charge is -2.30. The zero-order chi connectivity index (χ0) is 20.4. The Morgan fingerprint density at radius 2 is 1.97 bits per heavy atom. The molecule has 0 amide bonds. The standard InChI is InChI=1S/C19H20F3N7/c1-12-4-7-29(8-5-12)18-27-16(14-10-23-11-26-17(14)28-18)25-9-13-3-2-6-24-15(13)19(20,21)22/h2-3,6,10-12H,4-5,7-9H2,1H3,(H,23,25,26,27,28). The summed E-state index contributed by atoms with van der Waals surface area (Å²) in [6.45, 7) is 3.79. The summed E-state index contributed by atoms with van der Waals surface area (Å²) in [5.74, 6) is 1.58. The molecule has 152 valence electrons. The number of nitrogens with zero attached hydrogens (tertiary/aromatic N) is 6. The molecule has 0 unspecified atom stereocenters. The summed E-state index contributed by atoms with van der Waals surface area (Å²) in [6.07, 6.45) is 1.64. The fraction of sp³-hybridized carbons (Fsp3) is 0.421. The fourth-order valence-electron chi connectivity index (χ4n) is 3.36. The number of nitrogens with one attached hydrogen (secondary N) is 1. The number of alkyl halides is 3. The van der Waals surface area contributed by atoms with E-state index in [0.717, 1.165) is 32.1 Å². The number of pyridine rings is 1. The first kappa shape index (κ1) is 19.3. The van der Waals surface area contributed by atoms with E-state index in [9.17, 15) is 13.2 Å². The third-order valence-electron chi connectivity index (χ3n) is 5.04. The molecule has 0 spiro atoms. The Kier molecular flexibility index (Phi) is 5.16. The van der Waals surface area contributed by atoms with Gasteiger partial charge in [0.05, 0.1) is 5.39 Å². The number of hydrogen-bond donors (Lipinski definition) is 1. The number of halogens is 3. The Hall–Kier alpha value is -3.04. The Bertz CT molecular complexity index is 1000. The maximum atomic E-state index is 13.2. The number of hydrogen-bond acceptors (Lipinski definition) is 7. The van der Waals surface area contributed by atoms with Gasteiger partial charge in [0, 0.05) is 37.6 Å². The van der Waals surface area contributed by atoms with Gasteiger partial charge in [-0.25, -0.2) is 9.97 Å². The quantitative estimate of drug-likeness (QED) is 0.712. The van der Waals surface area contributed by atoms with Crippen molar-refractivity contribution in [1.29, 1.82) is 0 Å². The highest BCUT2D eigenvalue weighted by atomic mass is 19.4. The molecule has 4 heterocycles. The van der Waals surface area contributed by atoms with Crippen LogP contribution in [0.4, 0.5) is 24.9 Å². The molecule has 0 atom stereocenters. The highest BCUT2D eigenvalue weighted by Gasteiger charge is 2.35. The van der Waals surface area contributed by atoms with Crippen molar-refractivity contribution in [3.05, 3.63) is 42.1 Å². The molecule has 0 aliphatic carbocycles. The van der Waals surface area contributed by atoms with Gasteiger partial charge in [0.1, 0.15) is 17.8 Å². The molecule has 29 heavy (non-hydrogen) atoms. The number of aromatic nitrogens is 5. The molecule has 0 radical (unpaired) electrons. The zero-order valence-corrected chi connectivity index (χ0v) is 15.8. The van der Waals surface area contributed by atoms with Crippen molar-refractivity contribution in [3.63, 3.8) is 0 Å². The molecular weight excluding hydrogens is 383 g/mol. The summed E-state index contributed by atoms with van der Waals surface area (Å²) in [4.78, 5) is 22.9. The Labute approximate surface area is 165 Å². The van der Waals surface area contributed by atoms with E-state index in [2.05, 4.69) is 42.1 Å². The van der Waals surface area contributed by atoms with Crippen LogP contribution in [0.25, 0.3) is 11.0 Å². The van der Waals surface area contributed by atoms with Crippen molar-refractivity contribution in [2.75, 3.05) is 23.3 Å². The van der Waals surface area contributed by atoms with Crippen LogP contribution >= 0.6 is 0 Å². The van der Waals surface area contributed by atoms with E-state index in [1.165, 1.54) is 18.5 Å². The van der Waals surface area contributed by atoms with Crippen LogP contribution in [0.1, 0.15) is 31.0 Å². The summed E-state index contributed by atoms with van der Waals surface area (Å²) >= 11 is 0. The van der Waals surface area contributed by atoms with Gasteiger partial charge in [-0.05, 0) is 24.8 Å². The molecule has 4 rings (SSSR count). The highest BCUT2D eigenvalue weighted by Crippen LogP contribution is 2.31. The van der Waals surface area contributed by atoms with Crippen molar-refractivity contribution in [3.8, 4) is 0 Å². The molecule has 1 saturated heterocycles. The first-order chi connectivity index (χ1) is 13.9. The second-order valence-corrected chi connectivity index (χ2v) is 7.16. The SMILES string of the molecule is CC1CCN(c2nc(NCc3cccnc3C(F)(F)F)c3cncnc3n2)CC1. The van der Waals surface area contributed by atoms with Crippen LogP contribution in [0, 0.1) is 5.92 Å². The first-order valence-electron chi connectivity index (χ1n) is 9.39. The molecule has 1 aliphatic rings. The number of anilines is 2. The van der Waals surface area contributed by atoms with Crippen LogP contribution in [0.3, 0.4) is 0 Å². The minimum Gasteiger partial charge on any atom is -0.365 e. The summed E-state index contributed by atoms with van der Waals surface area (Å²) < 4.78 is 39.7. The predicted octanol–water partition coefficient (Wildman–Crippen LogP) is 3.68. The molecule has 10 heteroatoms. The Morgan fingerprint density at radius 1 is 1.17 bits per heavy atom. The second kappa shape index (κ2) is 7.76. The molecule has 0 bridgehead atoms. The maximum absolute atomic E-state index is 13.2. The van der Waals surface area contributed by atoms with E-state index in [-0.39, 0.29) is 12.1 Å². The lowest BCUT2D eigenvalue weighted by Crippen LogP contribution is -2.34. The monoisotopic (exact) mass is 403 g/mol. The van der Waals surface area contributed by atoms with Crippen molar-refractivity contribution in [2.45, 2.75) is 32.5 Å². The average Bonchev–Trinajstić information content (AvgIpc) is 2.72. The van der Waals surface area contributed by atoms with Gasteiger partial charge in [-0.3, -0.25) is 4.98 Å². The molecule has 0 aromatic carbocycles. The minimum atomic E-state index is -4.52. The molecule has 3 aromatic heterocycles. The van der Waals surface area contributed by atoms with Crippen LogP contribution in [0.2, 0.25) is 0 Å². The van der Waals surface area contributed by atoms with Crippen LogP contribution < -0.4 is 10.2 Å². The van der Waals surface area contributed by atoms with Crippen LogP contribution in [0.5, 0.6) is 0 Å². The van der Waals surface area contributed by atoms with E-state index in [1.807, 2.05) is 0 Å². The van der Waals surface area contributed by atoms with E-state index in [1.54, 1.807) is 6.20 Å². The van der Waals surface area contributed by atoms with Crippen molar-refractivity contribution in [1.82, 2.24) is 24.9 Å². The van der Waals surface area contributed by atoms with Crippen molar-refractivity contribution >= 4 is 22.8 Å². The molecular formula is C19H20F3N7. The summed E-state index contributed by atoms with van der Waals surface area (Å²) in [5.41, 5.74) is -0.419. The van der Waals surface area contributed by atoms with Gasteiger partial charge < -0.3 is 10.2 Å². The number of piperidine rings is 1. The first-order valence-corrected chi connectivity index (χ1v) is 9.39.